The second-order valence-corrected chi connectivity index (χ2v) is 3.00. The number of anilines is 1. The molecule has 1 rings (SSSR count). The molecule has 0 aliphatic carbocycles. The number of primary amides is 1. The van der Waals surface area contributed by atoms with Gasteiger partial charge in [0, 0.05) is 13.1 Å². The van der Waals surface area contributed by atoms with Gasteiger partial charge in [-0.15, -0.1) is 10.2 Å². The van der Waals surface area contributed by atoms with Crippen LogP contribution in [0.3, 0.4) is 0 Å². The fourth-order valence-corrected chi connectivity index (χ4v) is 0.995. The number of nitrogens with zero attached hydrogens (tertiary/aromatic N) is 2. The second kappa shape index (κ2) is 6.70. The minimum absolute atomic E-state index is 0.143. The van der Waals surface area contributed by atoms with E-state index < -0.39 is 5.91 Å². The summed E-state index contributed by atoms with van der Waals surface area (Å²) in [7, 11) is 0. The Morgan fingerprint density at radius 1 is 1.38 bits per heavy atom. The highest BCUT2D eigenvalue weighted by Crippen LogP contribution is 2.00. The van der Waals surface area contributed by atoms with E-state index in [2.05, 4.69) is 15.5 Å². The molecule has 0 saturated heterocycles. The van der Waals surface area contributed by atoms with E-state index in [1.807, 2.05) is 0 Å². The Morgan fingerprint density at radius 2 is 2.19 bits per heavy atom. The van der Waals surface area contributed by atoms with Gasteiger partial charge in [0.25, 0.3) is 5.91 Å². The van der Waals surface area contributed by atoms with Crippen molar-refractivity contribution in [2.75, 3.05) is 31.6 Å². The maximum atomic E-state index is 10.7. The molecule has 0 radical (unpaired) electrons. The highest BCUT2D eigenvalue weighted by atomic mass is 16.5. The zero-order valence-corrected chi connectivity index (χ0v) is 8.85. The van der Waals surface area contributed by atoms with Gasteiger partial charge in [0.05, 0.1) is 13.2 Å². The van der Waals surface area contributed by atoms with Crippen molar-refractivity contribution in [3.63, 3.8) is 0 Å². The van der Waals surface area contributed by atoms with Crippen LogP contribution in [0.1, 0.15) is 10.5 Å². The molecule has 0 aromatic carbocycles. The van der Waals surface area contributed by atoms with Crippen LogP contribution in [-0.4, -0.2) is 42.4 Å². The second-order valence-electron chi connectivity index (χ2n) is 3.00. The third-order valence-corrected chi connectivity index (χ3v) is 1.73. The Morgan fingerprint density at radius 3 is 2.75 bits per heavy atom. The number of carbonyl (C=O) groups is 1. The number of nitrogens with two attached hydrogens (primary N) is 2. The first-order valence-electron chi connectivity index (χ1n) is 4.89. The van der Waals surface area contributed by atoms with Gasteiger partial charge in [-0.25, -0.2) is 0 Å². The van der Waals surface area contributed by atoms with Crippen molar-refractivity contribution in [3.05, 3.63) is 17.8 Å². The molecule has 0 spiro atoms. The van der Waals surface area contributed by atoms with Crippen LogP contribution in [-0.2, 0) is 4.74 Å². The molecule has 1 aromatic rings. The molecule has 5 N–H and O–H groups in total. The first-order valence-corrected chi connectivity index (χ1v) is 4.89. The molecule has 0 atom stereocenters. The summed E-state index contributed by atoms with van der Waals surface area (Å²) in [5.74, 6) is -0.0216. The number of nitrogens with one attached hydrogen (secondary N) is 1. The van der Waals surface area contributed by atoms with Crippen LogP contribution in [0.25, 0.3) is 0 Å². The van der Waals surface area contributed by atoms with E-state index in [0.29, 0.717) is 32.1 Å². The lowest BCUT2D eigenvalue weighted by molar-refractivity contribution is 0.0994. The lowest BCUT2D eigenvalue weighted by atomic mass is 10.4. The summed E-state index contributed by atoms with van der Waals surface area (Å²) in [5.41, 5.74) is 10.4. The van der Waals surface area contributed by atoms with Crippen LogP contribution >= 0.6 is 0 Å². The van der Waals surface area contributed by atoms with Crippen molar-refractivity contribution in [2.24, 2.45) is 11.5 Å². The standard InChI is InChI=1S/C9H15N5O2/c10-3-5-16-6-4-12-8-2-1-7(9(11)15)13-14-8/h1-2H,3-6,10H2,(H2,11,15)(H,12,14). The smallest absolute Gasteiger partial charge is 0.269 e. The summed E-state index contributed by atoms with van der Waals surface area (Å²) >= 11 is 0. The van der Waals surface area contributed by atoms with Gasteiger partial charge in [-0.1, -0.05) is 0 Å². The summed E-state index contributed by atoms with van der Waals surface area (Å²) in [6, 6.07) is 3.15. The summed E-state index contributed by atoms with van der Waals surface area (Å²) < 4.78 is 5.16. The Balaban J connectivity index is 2.29. The van der Waals surface area contributed by atoms with Gasteiger partial charge in [0.15, 0.2) is 5.69 Å². The predicted molar refractivity (Wildman–Crippen MR) is 58.9 cm³/mol. The molecule has 0 saturated carbocycles. The quantitative estimate of drug-likeness (QED) is 0.510. The molecule has 0 unspecified atom stereocenters. The molecule has 1 heterocycles. The van der Waals surface area contributed by atoms with Crippen molar-refractivity contribution < 1.29 is 9.53 Å². The van der Waals surface area contributed by atoms with Crippen molar-refractivity contribution in [1.29, 1.82) is 0 Å². The van der Waals surface area contributed by atoms with Gasteiger partial charge < -0.3 is 21.5 Å². The van der Waals surface area contributed by atoms with E-state index >= 15 is 0 Å². The van der Waals surface area contributed by atoms with Crippen LogP contribution in [0, 0.1) is 0 Å². The number of amides is 1. The SMILES string of the molecule is NCCOCCNc1ccc(C(N)=O)nn1. The van der Waals surface area contributed by atoms with Gasteiger partial charge in [0.1, 0.15) is 5.82 Å². The number of hydrogen-bond acceptors (Lipinski definition) is 6. The van der Waals surface area contributed by atoms with Crippen molar-refractivity contribution in [1.82, 2.24) is 10.2 Å². The molecule has 16 heavy (non-hydrogen) atoms. The number of carbonyl (C=O) groups excluding carboxylic acids is 1. The maximum Gasteiger partial charge on any atom is 0.269 e. The lowest BCUT2D eigenvalue weighted by Crippen LogP contribution is -2.16. The summed E-state index contributed by atoms with van der Waals surface area (Å²) in [5, 5.41) is 10.4. The number of hydrogen-bond donors (Lipinski definition) is 3. The molecule has 0 aliphatic rings. The highest BCUT2D eigenvalue weighted by molar-refractivity contribution is 5.90. The normalized spacial score (nSPS) is 10.1. The summed E-state index contributed by atoms with van der Waals surface area (Å²) in [4.78, 5) is 10.7. The molecule has 1 amide bonds. The third-order valence-electron chi connectivity index (χ3n) is 1.73. The zero-order chi connectivity index (χ0) is 11.8. The Bertz CT molecular complexity index is 327. The van der Waals surface area contributed by atoms with Crippen LogP contribution in [0.5, 0.6) is 0 Å². The van der Waals surface area contributed by atoms with E-state index in [4.69, 9.17) is 16.2 Å². The Hall–Kier alpha value is -1.73. The van der Waals surface area contributed by atoms with Crippen LogP contribution in [0.2, 0.25) is 0 Å². The lowest BCUT2D eigenvalue weighted by Gasteiger charge is -2.05. The van der Waals surface area contributed by atoms with Gasteiger partial charge in [-0.05, 0) is 12.1 Å². The van der Waals surface area contributed by atoms with Gasteiger partial charge in [-0.2, -0.15) is 0 Å². The maximum absolute atomic E-state index is 10.7. The van der Waals surface area contributed by atoms with Crippen molar-refractivity contribution in [2.45, 2.75) is 0 Å². The summed E-state index contributed by atoms with van der Waals surface area (Å²) in [6.45, 7) is 2.18. The van der Waals surface area contributed by atoms with Crippen LogP contribution < -0.4 is 16.8 Å². The minimum Gasteiger partial charge on any atom is -0.378 e. The fraction of sp³-hybridized carbons (Fsp3) is 0.444. The molecule has 1 aromatic heterocycles. The molecule has 0 fully saturated rings. The molecule has 0 bridgehead atoms. The molecule has 7 heteroatoms. The van der Waals surface area contributed by atoms with Crippen LogP contribution in [0.4, 0.5) is 5.82 Å². The van der Waals surface area contributed by atoms with E-state index in [0.717, 1.165) is 0 Å². The van der Waals surface area contributed by atoms with Crippen molar-refractivity contribution >= 4 is 11.7 Å². The third kappa shape index (κ3) is 4.20. The number of aromatic nitrogens is 2. The number of ether oxygens (including phenoxy) is 1. The highest BCUT2D eigenvalue weighted by Gasteiger charge is 2.02. The fourth-order valence-electron chi connectivity index (χ4n) is 0.995. The average molecular weight is 225 g/mol. The minimum atomic E-state index is -0.592. The van der Waals surface area contributed by atoms with E-state index in [1.54, 1.807) is 6.07 Å². The van der Waals surface area contributed by atoms with E-state index in [9.17, 15) is 4.79 Å². The molecule has 88 valence electrons. The van der Waals surface area contributed by atoms with Gasteiger partial charge in [-0.3, -0.25) is 4.79 Å². The molecular formula is C9H15N5O2. The molecule has 7 nitrogen and oxygen atoms in total. The largest absolute Gasteiger partial charge is 0.378 e. The van der Waals surface area contributed by atoms with Crippen molar-refractivity contribution in [3.8, 4) is 0 Å². The monoisotopic (exact) mass is 225 g/mol. The molecular weight excluding hydrogens is 210 g/mol. The van der Waals surface area contributed by atoms with Gasteiger partial charge in [0.2, 0.25) is 0 Å². The summed E-state index contributed by atoms with van der Waals surface area (Å²) in [6.07, 6.45) is 0. The van der Waals surface area contributed by atoms with E-state index in [-0.39, 0.29) is 5.69 Å². The zero-order valence-electron chi connectivity index (χ0n) is 8.85. The first kappa shape index (κ1) is 12.3. The Labute approximate surface area is 93.2 Å². The topological polar surface area (TPSA) is 116 Å². The Kier molecular flexibility index (Phi) is 5.17. The first-order chi connectivity index (χ1) is 7.74. The average Bonchev–Trinajstić information content (AvgIpc) is 2.29. The van der Waals surface area contributed by atoms with Crippen LogP contribution in [0.15, 0.2) is 12.1 Å². The molecule has 0 aliphatic heterocycles. The van der Waals surface area contributed by atoms with E-state index in [1.165, 1.54) is 6.07 Å². The predicted octanol–water partition coefficient (Wildman–Crippen LogP) is -1.04. The number of rotatable bonds is 7. The van der Waals surface area contributed by atoms with Gasteiger partial charge >= 0.3 is 0 Å².